The van der Waals surface area contributed by atoms with Crippen molar-refractivity contribution >= 4 is 43.1 Å². The smallest absolute Gasteiger partial charge is 0.240 e. The number of carbonyl (C=O) groups is 1. The summed E-state index contributed by atoms with van der Waals surface area (Å²) in [5, 5.41) is 2.54. The van der Waals surface area contributed by atoms with Crippen molar-refractivity contribution in [2.45, 2.75) is 47.1 Å². The maximum atomic E-state index is 12.7. The molecule has 7 nitrogen and oxygen atoms in total. The van der Waals surface area contributed by atoms with Crippen LogP contribution in [0.1, 0.15) is 32.1 Å². The van der Waals surface area contributed by atoms with Crippen LogP contribution in [0.3, 0.4) is 0 Å². The molecule has 3 rings (SSSR count). The van der Waals surface area contributed by atoms with Gasteiger partial charge in [0.1, 0.15) is 0 Å². The number of sulfonamides is 1. The van der Waals surface area contributed by atoms with E-state index in [1.165, 1.54) is 30.3 Å². The van der Waals surface area contributed by atoms with Gasteiger partial charge in [-0.2, -0.15) is 0 Å². The molecule has 1 aliphatic rings. The summed E-state index contributed by atoms with van der Waals surface area (Å²) in [7, 11) is -7.20. The normalized spacial score (nSPS) is 15.2. The Morgan fingerprint density at radius 1 is 0.967 bits per heavy atom. The van der Waals surface area contributed by atoms with Gasteiger partial charge < -0.3 is 5.32 Å². The average molecular weight is 471 g/mol. The van der Waals surface area contributed by atoms with Gasteiger partial charge in [0, 0.05) is 23.7 Å². The predicted octanol–water partition coefficient (Wildman–Crippen LogP) is 3.36. The Balaban J connectivity index is 1.58. The van der Waals surface area contributed by atoms with Crippen LogP contribution in [0.5, 0.6) is 0 Å². The molecular weight excluding hydrogens is 448 g/mol. The van der Waals surface area contributed by atoms with E-state index in [1.807, 2.05) is 0 Å². The molecule has 30 heavy (non-hydrogen) atoms. The molecular formula is C20H23ClN2O5S2. The quantitative estimate of drug-likeness (QED) is 0.614. The number of halogens is 1. The van der Waals surface area contributed by atoms with Crippen LogP contribution in [0.25, 0.3) is 0 Å². The van der Waals surface area contributed by atoms with Crippen molar-refractivity contribution < 1.29 is 21.6 Å². The number of anilines is 1. The zero-order valence-corrected chi connectivity index (χ0v) is 18.6. The summed E-state index contributed by atoms with van der Waals surface area (Å²) in [6.45, 7) is -0.110. The second-order valence-corrected chi connectivity index (χ2v) is 11.6. The van der Waals surface area contributed by atoms with E-state index in [4.69, 9.17) is 11.6 Å². The lowest BCUT2D eigenvalue weighted by molar-refractivity contribution is -0.116. The van der Waals surface area contributed by atoms with E-state index in [1.54, 1.807) is 18.2 Å². The second kappa shape index (κ2) is 9.47. The Morgan fingerprint density at radius 3 is 2.33 bits per heavy atom. The SMILES string of the molecule is O=C(CCNS(=O)(=O)c1cccc(Cl)c1)Nc1cccc(S(=O)(=O)C2CCCC2)c1. The highest BCUT2D eigenvalue weighted by Crippen LogP contribution is 2.30. The fraction of sp³-hybridized carbons (Fsp3) is 0.350. The van der Waals surface area contributed by atoms with Crippen molar-refractivity contribution in [1.82, 2.24) is 4.72 Å². The lowest BCUT2D eigenvalue weighted by atomic mass is 10.3. The predicted molar refractivity (Wildman–Crippen MR) is 116 cm³/mol. The number of hydrogen-bond donors (Lipinski definition) is 2. The summed E-state index contributed by atoms with van der Waals surface area (Å²) in [4.78, 5) is 12.4. The third-order valence-electron chi connectivity index (χ3n) is 4.94. The summed E-state index contributed by atoms with van der Waals surface area (Å²) in [5.74, 6) is -0.431. The molecule has 0 unspecified atom stereocenters. The first-order valence-electron chi connectivity index (χ1n) is 9.57. The van der Waals surface area contributed by atoms with Gasteiger partial charge >= 0.3 is 0 Å². The highest BCUT2D eigenvalue weighted by molar-refractivity contribution is 7.92. The number of rotatable bonds is 8. The van der Waals surface area contributed by atoms with Crippen LogP contribution >= 0.6 is 11.6 Å². The number of amides is 1. The fourth-order valence-corrected chi connectivity index (χ4v) is 6.61. The minimum atomic E-state index is -3.78. The summed E-state index contributed by atoms with van der Waals surface area (Å²) in [5.41, 5.74) is 0.358. The Hall–Kier alpha value is -1.94. The molecule has 0 aromatic heterocycles. The van der Waals surface area contributed by atoms with Crippen LogP contribution in [-0.4, -0.2) is 34.5 Å². The second-order valence-electron chi connectivity index (χ2n) is 7.13. The Labute approximate surface area is 181 Å². The topological polar surface area (TPSA) is 109 Å². The van der Waals surface area contributed by atoms with Gasteiger partial charge in [-0.3, -0.25) is 4.79 Å². The first-order chi connectivity index (χ1) is 14.2. The molecule has 2 aromatic rings. The monoisotopic (exact) mass is 470 g/mol. The van der Waals surface area contributed by atoms with Crippen molar-refractivity contribution in [2.75, 3.05) is 11.9 Å². The third-order valence-corrected chi connectivity index (χ3v) is 8.89. The van der Waals surface area contributed by atoms with E-state index in [9.17, 15) is 21.6 Å². The Kier molecular flexibility index (Phi) is 7.18. The van der Waals surface area contributed by atoms with Crippen LogP contribution < -0.4 is 10.0 Å². The van der Waals surface area contributed by atoms with Gasteiger partial charge in [0.25, 0.3) is 0 Å². The van der Waals surface area contributed by atoms with E-state index in [2.05, 4.69) is 10.0 Å². The van der Waals surface area contributed by atoms with Crippen molar-refractivity contribution in [3.8, 4) is 0 Å². The zero-order valence-electron chi connectivity index (χ0n) is 16.2. The maximum absolute atomic E-state index is 12.7. The molecule has 0 spiro atoms. The molecule has 0 aliphatic heterocycles. The third kappa shape index (κ3) is 5.60. The maximum Gasteiger partial charge on any atom is 0.240 e. The van der Waals surface area contributed by atoms with Gasteiger partial charge in [0.05, 0.1) is 15.0 Å². The molecule has 10 heteroatoms. The van der Waals surface area contributed by atoms with Crippen molar-refractivity contribution in [3.63, 3.8) is 0 Å². The van der Waals surface area contributed by atoms with E-state index < -0.39 is 25.8 Å². The number of benzene rings is 2. The highest BCUT2D eigenvalue weighted by Gasteiger charge is 2.30. The molecule has 2 N–H and O–H groups in total. The Morgan fingerprint density at radius 2 is 1.63 bits per heavy atom. The van der Waals surface area contributed by atoms with Crippen molar-refractivity contribution in [2.24, 2.45) is 0 Å². The summed E-state index contributed by atoms with van der Waals surface area (Å²) >= 11 is 5.81. The fourth-order valence-electron chi connectivity index (χ4n) is 3.38. The summed E-state index contributed by atoms with van der Waals surface area (Å²) < 4.78 is 52.3. The van der Waals surface area contributed by atoms with Crippen molar-refractivity contribution in [1.29, 1.82) is 0 Å². The lowest BCUT2D eigenvalue weighted by Gasteiger charge is -2.13. The summed E-state index contributed by atoms with van der Waals surface area (Å²) in [6.07, 6.45) is 3.02. The number of sulfone groups is 1. The molecule has 0 heterocycles. The van der Waals surface area contributed by atoms with Gasteiger partial charge in [-0.25, -0.2) is 21.6 Å². The van der Waals surface area contributed by atoms with E-state index >= 15 is 0 Å². The van der Waals surface area contributed by atoms with Gasteiger partial charge in [-0.1, -0.05) is 36.6 Å². The van der Waals surface area contributed by atoms with Gasteiger partial charge in [0.15, 0.2) is 9.84 Å². The minimum Gasteiger partial charge on any atom is -0.326 e. The van der Waals surface area contributed by atoms with Crippen molar-refractivity contribution in [3.05, 3.63) is 53.6 Å². The molecule has 0 radical (unpaired) electrons. The number of hydrogen-bond acceptors (Lipinski definition) is 5. The van der Waals surface area contributed by atoms with Crippen LogP contribution in [-0.2, 0) is 24.7 Å². The van der Waals surface area contributed by atoms with Crippen LogP contribution in [0.15, 0.2) is 58.3 Å². The van der Waals surface area contributed by atoms with Gasteiger partial charge in [-0.05, 0) is 49.2 Å². The van der Waals surface area contributed by atoms with Crippen LogP contribution in [0.2, 0.25) is 5.02 Å². The van der Waals surface area contributed by atoms with Gasteiger partial charge in [-0.15, -0.1) is 0 Å². The van der Waals surface area contributed by atoms with Crippen LogP contribution in [0.4, 0.5) is 5.69 Å². The zero-order chi connectivity index (χ0) is 21.8. The molecule has 1 saturated carbocycles. The molecule has 1 amide bonds. The number of carbonyl (C=O) groups excluding carboxylic acids is 1. The molecule has 0 saturated heterocycles. The molecule has 2 aromatic carbocycles. The first-order valence-corrected chi connectivity index (χ1v) is 13.0. The van der Waals surface area contributed by atoms with E-state index in [0.29, 0.717) is 23.6 Å². The lowest BCUT2D eigenvalue weighted by Crippen LogP contribution is -2.27. The average Bonchev–Trinajstić information content (AvgIpc) is 3.24. The number of nitrogens with one attached hydrogen (secondary N) is 2. The largest absolute Gasteiger partial charge is 0.326 e. The Bertz CT molecular complexity index is 1130. The van der Waals surface area contributed by atoms with Gasteiger partial charge in [0.2, 0.25) is 15.9 Å². The standard InChI is InChI=1S/C20H23ClN2O5S2/c21-15-5-3-10-19(13-15)30(27,28)22-12-11-20(24)23-16-6-4-9-18(14-16)29(25,26)17-7-1-2-8-17/h3-6,9-10,13-14,17,22H,1-2,7-8,11-12H2,(H,23,24). The molecule has 1 aliphatic carbocycles. The molecule has 162 valence electrons. The molecule has 0 atom stereocenters. The van der Waals surface area contributed by atoms with E-state index in [0.717, 1.165) is 12.8 Å². The highest BCUT2D eigenvalue weighted by atomic mass is 35.5. The first kappa shape index (κ1) is 22.7. The molecule has 0 bridgehead atoms. The van der Waals surface area contributed by atoms with E-state index in [-0.39, 0.29) is 28.0 Å². The minimum absolute atomic E-state index is 0.0141. The summed E-state index contributed by atoms with van der Waals surface area (Å²) in [6, 6.07) is 12.0. The van der Waals surface area contributed by atoms with Crippen LogP contribution in [0, 0.1) is 0 Å². The molecule has 1 fully saturated rings.